The predicted octanol–water partition coefficient (Wildman–Crippen LogP) is 1.78. The third kappa shape index (κ3) is 3.06. The number of hydrogen-bond donors (Lipinski definition) is 1. The summed E-state index contributed by atoms with van der Waals surface area (Å²) in [5.41, 5.74) is 0.966. The van der Waals surface area contributed by atoms with Crippen LogP contribution in [-0.2, 0) is 13.1 Å². The molecule has 2 aromatic rings. The van der Waals surface area contributed by atoms with E-state index < -0.39 is 0 Å². The van der Waals surface area contributed by atoms with Crippen LogP contribution >= 0.6 is 22.6 Å². The molecule has 0 amide bonds. The van der Waals surface area contributed by atoms with Crippen molar-refractivity contribution in [3.63, 3.8) is 0 Å². The first-order chi connectivity index (χ1) is 8.29. The molecule has 90 valence electrons. The monoisotopic (exact) mass is 344 g/mol. The highest BCUT2D eigenvalue weighted by Crippen LogP contribution is 2.19. The molecule has 0 spiro atoms. The Hall–Kier alpha value is -0.890. The molecule has 2 heterocycles. The summed E-state index contributed by atoms with van der Waals surface area (Å²) < 4.78 is 8.25. The molecule has 0 aliphatic heterocycles. The first-order valence-corrected chi connectivity index (χ1v) is 6.73. The van der Waals surface area contributed by atoms with Gasteiger partial charge in [0.05, 0.1) is 15.5 Å². The van der Waals surface area contributed by atoms with Gasteiger partial charge in [0, 0.05) is 24.8 Å². The number of halogens is 1. The Kier molecular flexibility index (Phi) is 3.15. The second-order valence-corrected chi connectivity index (χ2v) is 5.54. The van der Waals surface area contributed by atoms with Gasteiger partial charge in [0.1, 0.15) is 6.54 Å². The van der Waals surface area contributed by atoms with Gasteiger partial charge in [-0.1, -0.05) is 5.16 Å². The zero-order valence-electron chi connectivity index (χ0n) is 9.27. The molecular formula is C11H13IN4O. The van der Waals surface area contributed by atoms with Crippen molar-refractivity contribution in [3.05, 3.63) is 33.5 Å². The summed E-state index contributed by atoms with van der Waals surface area (Å²) >= 11 is 2.24. The Labute approximate surface area is 113 Å². The van der Waals surface area contributed by atoms with Crippen LogP contribution in [0.1, 0.15) is 24.3 Å². The molecule has 6 heteroatoms. The second-order valence-electron chi connectivity index (χ2n) is 4.30. The average molecular weight is 344 g/mol. The van der Waals surface area contributed by atoms with E-state index in [9.17, 15) is 0 Å². The van der Waals surface area contributed by atoms with Gasteiger partial charge in [0.2, 0.25) is 0 Å². The van der Waals surface area contributed by atoms with Gasteiger partial charge >= 0.3 is 0 Å². The van der Waals surface area contributed by atoms with Crippen molar-refractivity contribution < 1.29 is 4.52 Å². The van der Waals surface area contributed by atoms with E-state index in [1.54, 1.807) is 0 Å². The van der Waals surface area contributed by atoms with Crippen molar-refractivity contribution in [2.45, 2.75) is 32.0 Å². The van der Waals surface area contributed by atoms with E-state index in [1.807, 2.05) is 23.1 Å². The van der Waals surface area contributed by atoms with Crippen molar-refractivity contribution in [2.75, 3.05) is 0 Å². The van der Waals surface area contributed by atoms with E-state index in [0.29, 0.717) is 12.6 Å². The van der Waals surface area contributed by atoms with Crippen LogP contribution in [0.15, 0.2) is 23.0 Å². The third-order valence-electron chi connectivity index (χ3n) is 2.68. The van der Waals surface area contributed by atoms with E-state index >= 15 is 0 Å². The van der Waals surface area contributed by atoms with Gasteiger partial charge in [-0.3, -0.25) is 4.68 Å². The Morgan fingerprint density at radius 2 is 2.41 bits per heavy atom. The molecule has 0 atom stereocenters. The van der Waals surface area contributed by atoms with Crippen LogP contribution in [0.2, 0.25) is 0 Å². The zero-order valence-corrected chi connectivity index (χ0v) is 11.4. The molecule has 0 aromatic carbocycles. The molecule has 1 aliphatic carbocycles. The summed E-state index contributed by atoms with van der Waals surface area (Å²) in [7, 11) is 0. The van der Waals surface area contributed by atoms with E-state index in [1.165, 1.54) is 12.8 Å². The fraction of sp³-hybridized carbons (Fsp3) is 0.455. The van der Waals surface area contributed by atoms with Crippen LogP contribution in [0.5, 0.6) is 0 Å². The standard InChI is InChI=1S/C11H13IN4O/c12-8-4-14-16(6-8)7-11-3-10(15-17-11)5-13-9-1-2-9/h3-4,6,9,13H,1-2,5,7H2. The average Bonchev–Trinajstić information content (AvgIpc) is 2.90. The lowest BCUT2D eigenvalue weighted by Crippen LogP contribution is -2.15. The van der Waals surface area contributed by atoms with Crippen molar-refractivity contribution in [3.8, 4) is 0 Å². The van der Waals surface area contributed by atoms with Crippen LogP contribution < -0.4 is 5.32 Å². The molecule has 0 unspecified atom stereocenters. The maximum Gasteiger partial charge on any atom is 0.158 e. The Bertz CT molecular complexity index is 503. The summed E-state index contributed by atoms with van der Waals surface area (Å²) in [6, 6.07) is 2.69. The first-order valence-electron chi connectivity index (χ1n) is 5.65. The van der Waals surface area contributed by atoms with Gasteiger partial charge in [0.25, 0.3) is 0 Å². The fourth-order valence-corrected chi connectivity index (χ4v) is 2.08. The van der Waals surface area contributed by atoms with E-state index in [-0.39, 0.29) is 0 Å². The Balaban J connectivity index is 1.59. The number of rotatable bonds is 5. The minimum absolute atomic E-state index is 0.638. The van der Waals surface area contributed by atoms with Crippen LogP contribution in [0.4, 0.5) is 0 Å². The van der Waals surface area contributed by atoms with E-state index in [0.717, 1.165) is 21.6 Å². The quantitative estimate of drug-likeness (QED) is 0.840. The molecule has 1 saturated carbocycles. The first kappa shape index (κ1) is 11.2. The molecule has 5 nitrogen and oxygen atoms in total. The van der Waals surface area contributed by atoms with Gasteiger partial charge in [-0.25, -0.2) is 0 Å². The van der Waals surface area contributed by atoms with E-state index in [4.69, 9.17) is 4.52 Å². The third-order valence-corrected chi connectivity index (χ3v) is 3.23. The smallest absolute Gasteiger partial charge is 0.158 e. The topological polar surface area (TPSA) is 55.9 Å². The number of hydrogen-bond acceptors (Lipinski definition) is 4. The van der Waals surface area contributed by atoms with E-state index in [2.05, 4.69) is 38.2 Å². The molecule has 1 aliphatic rings. The van der Waals surface area contributed by atoms with Gasteiger partial charge in [-0.05, 0) is 35.4 Å². The van der Waals surface area contributed by atoms with Gasteiger partial charge in [0.15, 0.2) is 5.76 Å². The SMILES string of the molecule is Ic1cnn(Cc2cc(CNC3CC3)no2)c1. The van der Waals surface area contributed by atoms with Crippen molar-refractivity contribution in [2.24, 2.45) is 0 Å². The number of nitrogens with zero attached hydrogens (tertiary/aromatic N) is 3. The molecule has 1 N–H and O–H groups in total. The lowest BCUT2D eigenvalue weighted by atomic mass is 10.3. The maximum absolute atomic E-state index is 5.28. The predicted molar refractivity (Wildman–Crippen MR) is 70.4 cm³/mol. The fourth-order valence-electron chi connectivity index (χ4n) is 1.63. The van der Waals surface area contributed by atoms with Crippen LogP contribution in [0, 0.1) is 3.57 Å². The molecule has 0 saturated heterocycles. The van der Waals surface area contributed by atoms with Gasteiger partial charge < -0.3 is 9.84 Å². The molecule has 3 rings (SSSR count). The molecule has 0 radical (unpaired) electrons. The van der Waals surface area contributed by atoms with Crippen LogP contribution in [-0.4, -0.2) is 21.0 Å². The van der Waals surface area contributed by atoms with Crippen molar-refractivity contribution in [1.29, 1.82) is 0 Å². The molecule has 17 heavy (non-hydrogen) atoms. The van der Waals surface area contributed by atoms with Crippen LogP contribution in [0.25, 0.3) is 0 Å². The normalized spacial score (nSPS) is 15.4. The van der Waals surface area contributed by atoms with Crippen LogP contribution in [0.3, 0.4) is 0 Å². The highest BCUT2D eigenvalue weighted by molar-refractivity contribution is 14.1. The Morgan fingerprint density at radius 3 is 3.12 bits per heavy atom. The van der Waals surface area contributed by atoms with Gasteiger partial charge in [-0.15, -0.1) is 0 Å². The van der Waals surface area contributed by atoms with Gasteiger partial charge in [-0.2, -0.15) is 5.10 Å². The maximum atomic E-state index is 5.28. The lowest BCUT2D eigenvalue weighted by Gasteiger charge is -1.96. The molecular weight excluding hydrogens is 331 g/mol. The molecule has 2 aromatic heterocycles. The summed E-state index contributed by atoms with van der Waals surface area (Å²) in [4.78, 5) is 0. The molecule has 1 fully saturated rings. The zero-order chi connectivity index (χ0) is 11.7. The van der Waals surface area contributed by atoms with Crippen molar-refractivity contribution in [1.82, 2.24) is 20.3 Å². The minimum atomic E-state index is 0.638. The highest BCUT2D eigenvalue weighted by Gasteiger charge is 2.20. The second kappa shape index (κ2) is 4.77. The summed E-state index contributed by atoms with van der Waals surface area (Å²) in [6.45, 7) is 1.43. The highest BCUT2D eigenvalue weighted by atomic mass is 127. The number of aromatic nitrogens is 3. The largest absolute Gasteiger partial charge is 0.359 e. The van der Waals surface area contributed by atoms with Crippen molar-refractivity contribution >= 4 is 22.6 Å². The minimum Gasteiger partial charge on any atom is -0.359 e. The summed E-state index contributed by atoms with van der Waals surface area (Å²) in [6.07, 6.45) is 6.38. The lowest BCUT2D eigenvalue weighted by molar-refractivity contribution is 0.364. The number of nitrogens with one attached hydrogen (secondary N) is 1. The molecule has 0 bridgehead atoms. The summed E-state index contributed by atoms with van der Waals surface area (Å²) in [5, 5.41) is 11.7. The summed E-state index contributed by atoms with van der Waals surface area (Å²) in [5.74, 6) is 0.845. The Morgan fingerprint density at radius 1 is 1.53 bits per heavy atom.